The van der Waals surface area contributed by atoms with Crippen molar-refractivity contribution in [2.75, 3.05) is 18.5 Å². The van der Waals surface area contributed by atoms with E-state index in [0.29, 0.717) is 18.5 Å². The lowest BCUT2D eigenvalue weighted by atomic mass is 9.81. The van der Waals surface area contributed by atoms with Crippen LogP contribution in [0.2, 0.25) is 0 Å². The van der Waals surface area contributed by atoms with E-state index in [1.165, 1.54) is 24.3 Å². The van der Waals surface area contributed by atoms with E-state index in [1.807, 2.05) is 13.8 Å². The summed E-state index contributed by atoms with van der Waals surface area (Å²) in [5.74, 6) is -0.102. The van der Waals surface area contributed by atoms with Crippen LogP contribution in [0.5, 0.6) is 5.75 Å². The number of carbonyl (C=O) groups excluding carboxylic acids is 1. The zero-order valence-corrected chi connectivity index (χ0v) is 12.7. The number of amides is 1. The number of hydrogen-bond acceptors (Lipinski definition) is 3. The average molecular weight is 318 g/mol. The topological polar surface area (TPSA) is 64.4 Å². The molecule has 0 aromatic heterocycles. The van der Waals surface area contributed by atoms with E-state index in [9.17, 15) is 18.0 Å². The smallest absolute Gasteiger partial charge is 0.422 e. The Morgan fingerprint density at radius 1 is 1.18 bits per heavy atom. The fraction of sp³-hybridized carbons (Fsp3) is 0.533. The standard InChI is InChI=1S/C15H21F3N2O2/c1-3-14(4-2,9-19)13(21)20-11-5-7-12(8-6-11)22-10-15(16,17)18/h5-8H,3-4,9-10,19H2,1-2H3,(H,20,21). The van der Waals surface area contributed by atoms with Crippen LogP contribution in [-0.4, -0.2) is 25.2 Å². The van der Waals surface area contributed by atoms with Crippen LogP contribution in [0.4, 0.5) is 18.9 Å². The van der Waals surface area contributed by atoms with Crippen LogP contribution in [0.3, 0.4) is 0 Å². The van der Waals surface area contributed by atoms with Gasteiger partial charge >= 0.3 is 6.18 Å². The van der Waals surface area contributed by atoms with Gasteiger partial charge in [0.2, 0.25) is 5.91 Å². The molecule has 0 atom stereocenters. The van der Waals surface area contributed by atoms with Gasteiger partial charge in [-0.25, -0.2) is 0 Å². The van der Waals surface area contributed by atoms with Crippen molar-refractivity contribution >= 4 is 11.6 Å². The minimum absolute atomic E-state index is 0.0893. The van der Waals surface area contributed by atoms with E-state index >= 15 is 0 Å². The van der Waals surface area contributed by atoms with Crippen LogP contribution >= 0.6 is 0 Å². The number of anilines is 1. The predicted octanol–water partition coefficient (Wildman–Crippen LogP) is 3.33. The summed E-state index contributed by atoms with van der Waals surface area (Å²) in [6.07, 6.45) is -3.16. The van der Waals surface area contributed by atoms with Gasteiger partial charge in [0.1, 0.15) is 5.75 Å². The van der Waals surface area contributed by atoms with Crippen LogP contribution in [0.1, 0.15) is 26.7 Å². The largest absolute Gasteiger partial charge is 0.484 e. The first-order valence-electron chi connectivity index (χ1n) is 7.07. The van der Waals surface area contributed by atoms with Gasteiger partial charge in [-0.15, -0.1) is 0 Å². The molecule has 0 heterocycles. The van der Waals surface area contributed by atoms with Gasteiger partial charge in [0.15, 0.2) is 6.61 Å². The summed E-state index contributed by atoms with van der Waals surface area (Å²) >= 11 is 0. The Morgan fingerprint density at radius 2 is 1.73 bits per heavy atom. The second kappa shape index (κ2) is 7.49. The van der Waals surface area contributed by atoms with Crippen molar-refractivity contribution in [3.05, 3.63) is 24.3 Å². The number of hydrogen-bond donors (Lipinski definition) is 2. The fourth-order valence-electron chi connectivity index (χ4n) is 2.02. The average Bonchev–Trinajstić information content (AvgIpc) is 2.48. The van der Waals surface area contributed by atoms with Crippen LogP contribution in [-0.2, 0) is 4.79 Å². The van der Waals surface area contributed by atoms with Gasteiger partial charge in [-0.1, -0.05) is 13.8 Å². The molecule has 0 saturated heterocycles. The van der Waals surface area contributed by atoms with Crippen molar-refractivity contribution in [3.63, 3.8) is 0 Å². The molecule has 0 fully saturated rings. The predicted molar refractivity (Wildman–Crippen MR) is 78.7 cm³/mol. The molecule has 0 aliphatic heterocycles. The van der Waals surface area contributed by atoms with Crippen molar-refractivity contribution in [2.24, 2.45) is 11.1 Å². The number of carbonyl (C=O) groups is 1. The number of rotatable bonds is 7. The third-order valence-corrected chi connectivity index (χ3v) is 3.74. The summed E-state index contributed by atoms with van der Waals surface area (Å²) < 4.78 is 40.7. The number of nitrogens with one attached hydrogen (secondary N) is 1. The second-order valence-corrected chi connectivity index (χ2v) is 5.07. The highest BCUT2D eigenvalue weighted by Gasteiger charge is 2.33. The van der Waals surface area contributed by atoms with Gasteiger partial charge in [0.05, 0.1) is 5.41 Å². The van der Waals surface area contributed by atoms with Crippen molar-refractivity contribution in [2.45, 2.75) is 32.9 Å². The molecule has 124 valence electrons. The molecule has 0 aliphatic carbocycles. The van der Waals surface area contributed by atoms with Gasteiger partial charge in [-0.2, -0.15) is 13.2 Å². The molecular weight excluding hydrogens is 297 g/mol. The van der Waals surface area contributed by atoms with Gasteiger partial charge < -0.3 is 15.8 Å². The van der Waals surface area contributed by atoms with Gasteiger partial charge in [0.25, 0.3) is 0 Å². The molecule has 7 heteroatoms. The van der Waals surface area contributed by atoms with Crippen molar-refractivity contribution in [1.29, 1.82) is 0 Å². The van der Waals surface area contributed by atoms with E-state index in [2.05, 4.69) is 10.1 Å². The Labute approximate surface area is 127 Å². The molecule has 3 N–H and O–H groups in total. The minimum Gasteiger partial charge on any atom is -0.484 e. The van der Waals surface area contributed by atoms with Crippen molar-refractivity contribution < 1.29 is 22.7 Å². The van der Waals surface area contributed by atoms with Crippen LogP contribution in [0, 0.1) is 5.41 Å². The lowest BCUT2D eigenvalue weighted by Gasteiger charge is -2.28. The monoisotopic (exact) mass is 318 g/mol. The number of benzene rings is 1. The van der Waals surface area contributed by atoms with Gasteiger partial charge in [-0.3, -0.25) is 4.79 Å². The first-order chi connectivity index (χ1) is 10.3. The Kier molecular flexibility index (Phi) is 6.22. The highest BCUT2D eigenvalue weighted by Crippen LogP contribution is 2.27. The summed E-state index contributed by atoms with van der Waals surface area (Å²) in [5.41, 5.74) is 5.56. The molecular formula is C15H21F3N2O2. The Morgan fingerprint density at radius 3 is 2.14 bits per heavy atom. The van der Waals surface area contributed by atoms with E-state index in [4.69, 9.17) is 5.73 Å². The third kappa shape index (κ3) is 4.91. The van der Waals surface area contributed by atoms with Crippen LogP contribution < -0.4 is 15.8 Å². The first-order valence-corrected chi connectivity index (χ1v) is 7.07. The van der Waals surface area contributed by atoms with Crippen LogP contribution in [0.15, 0.2) is 24.3 Å². The molecule has 0 unspecified atom stereocenters. The van der Waals surface area contributed by atoms with Gasteiger partial charge in [-0.05, 0) is 37.1 Å². The Hall–Kier alpha value is -1.76. The molecule has 4 nitrogen and oxygen atoms in total. The zero-order valence-electron chi connectivity index (χ0n) is 12.7. The molecule has 1 rings (SSSR count). The third-order valence-electron chi connectivity index (χ3n) is 3.74. The van der Waals surface area contributed by atoms with Crippen LogP contribution in [0.25, 0.3) is 0 Å². The lowest BCUT2D eigenvalue weighted by Crippen LogP contribution is -2.41. The van der Waals surface area contributed by atoms with E-state index in [0.717, 1.165) is 0 Å². The second-order valence-electron chi connectivity index (χ2n) is 5.07. The highest BCUT2D eigenvalue weighted by atomic mass is 19.4. The SMILES string of the molecule is CCC(CC)(CN)C(=O)Nc1ccc(OCC(F)(F)F)cc1. The number of halogens is 3. The molecule has 22 heavy (non-hydrogen) atoms. The number of nitrogens with two attached hydrogens (primary N) is 1. The van der Waals surface area contributed by atoms with Gasteiger partial charge in [0, 0.05) is 12.2 Å². The normalized spacial score (nSPS) is 12.1. The summed E-state index contributed by atoms with van der Waals surface area (Å²) in [7, 11) is 0. The first kappa shape index (κ1) is 18.3. The number of ether oxygens (including phenoxy) is 1. The molecule has 0 radical (unpaired) electrons. The highest BCUT2D eigenvalue weighted by molar-refractivity contribution is 5.95. The summed E-state index contributed by atoms with van der Waals surface area (Å²) in [4.78, 5) is 12.3. The van der Waals surface area contributed by atoms with Crippen molar-refractivity contribution in [1.82, 2.24) is 0 Å². The number of alkyl halides is 3. The van der Waals surface area contributed by atoms with E-state index in [-0.39, 0.29) is 18.2 Å². The maximum atomic E-state index is 12.3. The minimum atomic E-state index is -4.38. The molecule has 0 bridgehead atoms. The molecule has 0 spiro atoms. The Bertz CT molecular complexity index is 474. The maximum absolute atomic E-state index is 12.3. The summed E-state index contributed by atoms with van der Waals surface area (Å²) in [5, 5.41) is 2.74. The summed E-state index contributed by atoms with van der Waals surface area (Å²) in [6.45, 7) is 2.67. The zero-order chi connectivity index (χ0) is 16.8. The Balaban J connectivity index is 2.70. The molecule has 1 aromatic carbocycles. The maximum Gasteiger partial charge on any atom is 0.422 e. The molecule has 1 aromatic rings. The summed E-state index contributed by atoms with van der Waals surface area (Å²) in [6, 6.07) is 5.75. The lowest BCUT2D eigenvalue weighted by molar-refractivity contribution is -0.153. The molecule has 0 saturated carbocycles. The fourth-order valence-corrected chi connectivity index (χ4v) is 2.02. The van der Waals surface area contributed by atoms with E-state index in [1.54, 1.807) is 0 Å². The van der Waals surface area contributed by atoms with Crippen molar-refractivity contribution in [3.8, 4) is 5.75 Å². The molecule has 0 aliphatic rings. The molecule has 1 amide bonds. The quantitative estimate of drug-likeness (QED) is 0.810. The van der Waals surface area contributed by atoms with E-state index < -0.39 is 18.2 Å².